The van der Waals surface area contributed by atoms with Crippen LogP contribution < -0.4 is 10.2 Å². The molecule has 1 aliphatic heterocycles. The molecule has 0 aromatic heterocycles. The lowest BCUT2D eigenvalue weighted by molar-refractivity contribution is -0.131. The molecule has 1 saturated heterocycles. The van der Waals surface area contributed by atoms with Crippen molar-refractivity contribution in [3.63, 3.8) is 0 Å². The van der Waals surface area contributed by atoms with E-state index in [1.54, 1.807) is 48.5 Å². The van der Waals surface area contributed by atoms with Gasteiger partial charge in [-0.1, -0.05) is 6.07 Å². The molecule has 0 unspecified atom stereocenters. The Balaban J connectivity index is 1.70. The molecule has 1 aliphatic rings. The van der Waals surface area contributed by atoms with Crippen LogP contribution in [0.5, 0.6) is 0 Å². The number of ketones is 1. The minimum absolute atomic E-state index is 0.0237. The molecule has 1 fully saturated rings. The summed E-state index contributed by atoms with van der Waals surface area (Å²) in [6.45, 7) is 1.44. The first-order valence-electron chi connectivity index (χ1n) is 9.21. The number of carbonyl (C=O) groups is 5. The Kier molecular flexibility index (Phi) is 6.66. The van der Waals surface area contributed by atoms with Gasteiger partial charge in [0.25, 0.3) is 0 Å². The van der Waals surface area contributed by atoms with Crippen LogP contribution in [-0.2, 0) is 19.2 Å². The second kappa shape index (κ2) is 9.40. The highest BCUT2D eigenvalue weighted by atomic mass is 32.2. The summed E-state index contributed by atoms with van der Waals surface area (Å²) < 4.78 is 0. The van der Waals surface area contributed by atoms with Crippen LogP contribution in [0, 0.1) is 0 Å². The molecular weight excluding hydrogens is 420 g/mol. The number of nitrogens with one attached hydrogen (secondary N) is 1. The predicted octanol–water partition coefficient (Wildman–Crippen LogP) is 2.89. The SMILES string of the molecule is CC(=O)c1ccc(N2C(=O)C[C@H](Sc3cccc(NC(=O)/C=C/C(=O)O)c3)C2=O)cc1. The Hall–Kier alpha value is -3.72. The Bertz CT molecular complexity index is 1090. The van der Waals surface area contributed by atoms with Crippen LogP contribution in [0.25, 0.3) is 0 Å². The number of carbonyl (C=O) groups excluding carboxylic acids is 4. The molecule has 31 heavy (non-hydrogen) atoms. The lowest BCUT2D eigenvalue weighted by Gasteiger charge is -2.15. The van der Waals surface area contributed by atoms with Crippen molar-refractivity contribution >= 4 is 52.6 Å². The van der Waals surface area contributed by atoms with E-state index in [0.717, 1.165) is 17.1 Å². The summed E-state index contributed by atoms with van der Waals surface area (Å²) in [5, 5.41) is 10.5. The third-order valence-electron chi connectivity index (χ3n) is 4.39. The molecule has 158 valence electrons. The van der Waals surface area contributed by atoms with E-state index in [-0.39, 0.29) is 24.0 Å². The maximum absolute atomic E-state index is 12.8. The number of nitrogens with zero attached hydrogens (tertiary/aromatic N) is 1. The van der Waals surface area contributed by atoms with Crippen LogP contribution in [0.2, 0.25) is 0 Å². The molecule has 1 atom stereocenters. The third kappa shape index (κ3) is 5.46. The zero-order valence-corrected chi connectivity index (χ0v) is 17.2. The average molecular weight is 438 g/mol. The Labute approximate surface area is 181 Å². The van der Waals surface area contributed by atoms with Gasteiger partial charge < -0.3 is 10.4 Å². The van der Waals surface area contributed by atoms with Crippen molar-refractivity contribution in [1.82, 2.24) is 0 Å². The number of Topliss-reactive ketones (excluding diaryl/α,β-unsaturated/α-hetero) is 1. The van der Waals surface area contributed by atoms with Gasteiger partial charge in [0.1, 0.15) is 0 Å². The summed E-state index contributed by atoms with van der Waals surface area (Å²) in [5.74, 6) is -2.63. The van der Waals surface area contributed by atoms with Gasteiger partial charge in [0.15, 0.2) is 5.78 Å². The first-order valence-corrected chi connectivity index (χ1v) is 10.1. The molecule has 8 nitrogen and oxygen atoms in total. The van der Waals surface area contributed by atoms with Crippen molar-refractivity contribution in [1.29, 1.82) is 0 Å². The van der Waals surface area contributed by atoms with E-state index in [1.165, 1.54) is 18.7 Å². The number of rotatable bonds is 7. The van der Waals surface area contributed by atoms with Crippen LogP contribution in [-0.4, -0.2) is 39.8 Å². The molecular formula is C22H18N2O6S. The molecule has 2 aromatic rings. The topological polar surface area (TPSA) is 121 Å². The van der Waals surface area contributed by atoms with E-state index in [9.17, 15) is 24.0 Å². The van der Waals surface area contributed by atoms with Crippen LogP contribution >= 0.6 is 11.8 Å². The first-order chi connectivity index (χ1) is 14.7. The fraction of sp³-hybridized carbons (Fsp3) is 0.136. The van der Waals surface area contributed by atoms with E-state index in [2.05, 4.69) is 5.32 Å². The van der Waals surface area contributed by atoms with Gasteiger partial charge in [-0.05, 0) is 49.4 Å². The van der Waals surface area contributed by atoms with Gasteiger partial charge in [0.2, 0.25) is 17.7 Å². The zero-order valence-electron chi connectivity index (χ0n) is 16.4. The van der Waals surface area contributed by atoms with Gasteiger partial charge >= 0.3 is 5.97 Å². The number of imide groups is 1. The maximum atomic E-state index is 12.8. The van der Waals surface area contributed by atoms with Crippen molar-refractivity contribution < 1.29 is 29.1 Å². The summed E-state index contributed by atoms with van der Waals surface area (Å²) in [4.78, 5) is 60.7. The predicted molar refractivity (Wildman–Crippen MR) is 115 cm³/mol. The van der Waals surface area contributed by atoms with Crippen LogP contribution in [0.4, 0.5) is 11.4 Å². The Morgan fingerprint density at radius 1 is 1.10 bits per heavy atom. The highest BCUT2D eigenvalue weighted by Gasteiger charge is 2.40. The van der Waals surface area contributed by atoms with E-state index in [1.807, 2.05) is 0 Å². The quantitative estimate of drug-likeness (QED) is 0.387. The van der Waals surface area contributed by atoms with Gasteiger partial charge in [-0.15, -0.1) is 11.8 Å². The minimum Gasteiger partial charge on any atom is -0.478 e. The molecule has 3 rings (SSSR count). The third-order valence-corrected chi connectivity index (χ3v) is 5.57. The van der Waals surface area contributed by atoms with E-state index in [0.29, 0.717) is 21.8 Å². The summed E-state index contributed by atoms with van der Waals surface area (Å²) in [6, 6.07) is 13.0. The lowest BCUT2D eigenvalue weighted by atomic mass is 10.1. The molecule has 2 aromatic carbocycles. The van der Waals surface area contributed by atoms with Crippen LogP contribution in [0.3, 0.4) is 0 Å². The first kappa shape index (κ1) is 22.0. The van der Waals surface area contributed by atoms with E-state index in [4.69, 9.17) is 5.11 Å². The largest absolute Gasteiger partial charge is 0.478 e. The Morgan fingerprint density at radius 2 is 1.81 bits per heavy atom. The molecule has 0 radical (unpaired) electrons. The number of carboxylic acids is 1. The summed E-state index contributed by atoms with van der Waals surface area (Å²) in [5.41, 5.74) is 1.33. The minimum atomic E-state index is -1.23. The molecule has 0 bridgehead atoms. The van der Waals surface area contributed by atoms with Crippen molar-refractivity contribution in [2.24, 2.45) is 0 Å². The Morgan fingerprint density at radius 3 is 2.45 bits per heavy atom. The maximum Gasteiger partial charge on any atom is 0.328 e. The van der Waals surface area contributed by atoms with Crippen molar-refractivity contribution in [2.45, 2.75) is 23.5 Å². The van der Waals surface area contributed by atoms with Crippen molar-refractivity contribution in [3.05, 3.63) is 66.2 Å². The van der Waals surface area contributed by atoms with E-state index < -0.39 is 17.1 Å². The number of hydrogen-bond donors (Lipinski definition) is 2. The number of amides is 3. The van der Waals surface area contributed by atoms with Gasteiger partial charge in [-0.2, -0.15) is 0 Å². The van der Waals surface area contributed by atoms with E-state index >= 15 is 0 Å². The number of hydrogen-bond acceptors (Lipinski definition) is 6. The number of aliphatic carboxylic acids is 1. The number of thioether (sulfide) groups is 1. The number of benzene rings is 2. The van der Waals surface area contributed by atoms with Gasteiger partial charge in [0, 0.05) is 34.7 Å². The smallest absolute Gasteiger partial charge is 0.328 e. The summed E-state index contributed by atoms with van der Waals surface area (Å²) in [6.07, 6.45) is 1.65. The molecule has 0 aliphatic carbocycles. The van der Waals surface area contributed by atoms with Gasteiger partial charge in [-0.25, -0.2) is 9.69 Å². The van der Waals surface area contributed by atoms with Crippen molar-refractivity contribution in [2.75, 3.05) is 10.2 Å². The summed E-state index contributed by atoms with van der Waals surface area (Å²) in [7, 11) is 0. The normalized spacial score (nSPS) is 16.0. The molecule has 0 spiro atoms. The average Bonchev–Trinajstić information content (AvgIpc) is 2.99. The number of carboxylic acid groups (broad SMARTS) is 1. The molecule has 0 saturated carbocycles. The molecule has 3 amide bonds. The standard InChI is InChI=1S/C22H18N2O6S/c1-13(25)14-5-7-16(8-6-14)24-20(27)12-18(22(24)30)31-17-4-2-3-15(11-17)23-19(26)9-10-21(28)29/h2-11,18H,12H2,1H3,(H,23,26)(H,28,29)/b10-9+/t18-/m0/s1. The fourth-order valence-electron chi connectivity index (χ4n) is 2.95. The summed E-state index contributed by atoms with van der Waals surface area (Å²) >= 11 is 1.20. The second-order valence-corrected chi connectivity index (χ2v) is 7.95. The molecule has 2 N–H and O–H groups in total. The fourth-order valence-corrected chi connectivity index (χ4v) is 4.07. The van der Waals surface area contributed by atoms with Gasteiger partial charge in [0.05, 0.1) is 10.9 Å². The second-order valence-electron chi connectivity index (χ2n) is 6.67. The number of anilines is 2. The molecule has 1 heterocycles. The molecule has 9 heteroatoms. The lowest BCUT2D eigenvalue weighted by Crippen LogP contribution is -2.31. The van der Waals surface area contributed by atoms with Crippen molar-refractivity contribution in [3.8, 4) is 0 Å². The van der Waals surface area contributed by atoms with Gasteiger partial charge in [-0.3, -0.25) is 19.2 Å². The van der Waals surface area contributed by atoms with Crippen LogP contribution in [0.1, 0.15) is 23.7 Å². The highest BCUT2D eigenvalue weighted by Crippen LogP contribution is 2.34. The van der Waals surface area contributed by atoms with Crippen LogP contribution in [0.15, 0.2) is 65.6 Å². The highest BCUT2D eigenvalue weighted by molar-refractivity contribution is 8.00. The monoisotopic (exact) mass is 438 g/mol. The zero-order chi connectivity index (χ0) is 22.5.